The summed E-state index contributed by atoms with van der Waals surface area (Å²) in [6, 6.07) is 11.0. The molecule has 2 aromatic carbocycles. The zero-order valence-electron chi connectivity index (χ0n) is 12.7. The number of benzene rings is 2. The summed E-state index contributed by atoms with van der Waals surface area (Å²) >= 11 is 3.30. The smallest absolute Gasteiger partial charge is 0.129 e. The quantitative estimate of drug-likeness (QED) is 0.556. The molecule has 0 aliphatic carbocycles. The number of allylic oxidation sites excluding steroid dienone is 2. The number of halogens is 1. The Morgan fingerprint density at radius 2 is 1.55 bits per heavy atom. The van der Waals surface area contributed by atoms with Crippen LogP contribution in [-0.2, 0) is 6.42 Å². The molecule has 2 rings (SSSR count). The van der Waals surface area contributed by atoms with Crippen molar-refractivity contribution < 1.29 is 10.2 Å². The predicted molar refractivity (Wildman–Crippen MR) is 96.0 cm³/mol. The molecule has 0 aliphatic rings. The maximum Gasteiger partial charge on any atom is 0.129 e. The molecule has 0 bridgehead atoms. The lowest BCUT2D eigenvalue weighted by Crippen LogP contribution is -1.85. The fourth-order valence-corrected chi connectivity index (χ4v) is 2.40. The van der Waals surface area contributed by atoms with Crippen LogP contribution >= 0.6 is 15.9 Å². The molecule has 0 radical (unpaired) electrons. The van der Waals surface area contributed by atoms with Gasteiger partial charge in [-0.1, -0.05) is 35.9 Å². The Kier molecular flexibility index (Phi) is 5.45. The second-order valence-electron chi connectivity index (χ2n) is 5.42. The largest absolute Gasteiger partial charge is 0.508 e. The highest BCUT2D eigenvalue weighted by Crippen LogP contribution is 2.26. The number of hydrogen-bond acceptors (Lipinski definition) is 2. The van der Waals surface area contributed by atoms with Crippen LogP contribution < -0.4 is 0 Å². The van der Waals surface area contributed by atoms with Crippen LogP contribution in [0, 0.1) is 0 Å². The molecule has 2 N–H and O–H groups in total. The summed E-state index contributed by atoms with van der Waals surface area (Å²) in [5.41, 5.74) is 4.16. The minimum absolute atomic E-state index is 0.228. The van der Waals surface area contributed by atoms with E-state index in [1.165, 1.54) is 5.57 Å². The van der Waals surface area contributed by atoms with Gasteiger partial charge in [-0.25, -0.2) is 0 Å². The van der Waals surface area contributed by atoms with Crippen molar-refractivity contribution in [3.63, 3.8) is 0 Å². The monoisotopic (exact) mass is 358 g/mol. The Balaban J connectivity index is 2.22. The van der Waals surface area contributed by atoms with Crippen molar-refractivity contribution in [3.05, 3.63) is 69.2 Å². The van der Waals surface area contributed by atoms with Crippen molar-refractivity contribution in [2.75, 3.05) is 0 Å². The first-order valence-electron chi connectivity index (χ1n) is 7.07. The van der Waals surface area contributed by atoms with E-state index in [1.807, 2.05) is 50.3 Å². The van der Waals surface area contributed by atoms with Crippen LogP contribution in [0.4, 0.5) is 0 Å². The SMILES string of the molecule is CC(C)=CCc1cc(/C=C/c2ccc(O)c(Br)c2)ccc1O. The highest BCUT2D eigenvalue weighted by Gasteiger charge is 2.01. The van der Waals surface area contributed by atoms with E-state index in [2.05, 4.69) is 22.0 Å². The van der Waals surface area contributed by atoms with Crippen LogP contribution in [0.5, 0.6) is 11.5 Å². The lowest BCUT2D eigenvalue weighted by Gasteiger charge is -2.04. The average molecular weight is 359 g/mol. The van der Waals surface area contributed by atoms with Gasteiger partial charge in [-0.05, 0) is 77.2 Å². The summed E-state index contributed by atoms with van der Waals surface area (Å²) in [5.74, 6) is 0.549. The van der Waals surface area contributed by atoms with Gasteiger partial charge >= 0.3 is 0 Å². The highest BCUT2D eigenvalue weighted by molar-refractivity contribution is 9.10. The summed E-state index contributed by atoms with van der Waals surface area (Å²) in [6.45, 7) is 4.09. The lowest BCUT2D eigenvalue weighted by atomic mass is 10.0. The van der Waals surface area contributed by atoms with Crippen LogP contribution in [0.3, 0.4) is 0 Å². The van der Waals surface area contributed by atoms with Gasteiger partial charge in [0.1, 0.15) is 11.5 Å². The predicted octanol–water partition coefficient (Wildman–Crippen LogP) is 5.54. The summed E-state index contributed by atoms with van der Waals surface area (Å²) < 4.78 is 0.671. The molecule has 0 saturated heterocycles. The Labute approximate surface area is 139 Å². The summed E-state index contributed by atoms with van der Waals surface area (Å²) in [5, 5.41) is 19.4. The molecule has 0 atom stereocenters. The van der Waals surface area contributed by atoms with Gasteiger partial charge < -0.3 is 10.2 Å². The molecule has 0 saturated carbocycles. The molecular weight excluding hydrogens is 340 g/mol. The van der Waals surface area contributed by atoms with Crippen LogP contribution in [0.25, 0.3) is 12.2 Å². The summed E-state index contributed by atoms with van der Waals surface area (Å²) in [6.07, 6.45) is 6.78. The van der Waals surface area contributed by atoms with E-state index < -0.39 is 0 Å². The van der Waals surface area contributed by atoms with Gasteiger partial charge in [0.05, 0.1) is 4.47 Å². The molecule has 0 amide bonds. The van der Waals surface area contributed by atoms with Gasteiger partial charge in [-0.15, -0.1) is 0 Å². The van der Waals surface area contributed by atoms with Crippen LogP contribution in [0.15, 0.2) is 52.5 Å². The van der Waals surface area contributed by atoms with E-state index in [0.29, 0.717) is 10.2 Å². The second-order valence-corrected chi connectivity index (χ2v) is 6.27. The van der Waals surface area contributed by atoms with Crippen LogP contribution in [-0.4, -0.2) is 10.2 Å². The third-order valence-corrected chi connectivity index (χ3v) is 3.91. The molecule has 0 fully saturated rings. The van der Waals surface area contributed by atoms with E-state index in [1.54, 1.807) is 12.1 Å². The molecule has 22 heavy (non-hydrogen) atoms. The fraction of sp³-hybridized carbons (Fsp3) is 0.158. The van der Waals surface area contributed by atoms with Crippen molar-refractivity contribution in [1.82, 2.24) is 0 Å². The van der Waals surface area contributed by atoms with Gasteiger partial charge in [0.15, 0.2) is 0 Å². The first kappa shape index (κ1) is 16.4. The molecule has 0 aromatic heterocycles. The normalized spacial score (nSPS) is 10.9. The van der Waals surface area contributed by atoms with Gasteiger partial charge in [0, 0.05) is 0 Å². The highest BCUT2D eigenvalue weighted by atomic mass is 79.9. The number of aromatic hydroxyl groups is 2. The van der Waals surface area contributed by atoms with Crippen molar-refractivity contribution in [2.24, 2.45) is 0 Å². The second kappa shape index (κ2) is 7.32. The zero-order chi connectivity index (χ0) is 16.1. The Bertz CT molecular complexity index is 726. The molecule has 2 nitrogen and oxygen atoms in total. The number of phenols is 2. The molecule has 0 unspecified atom stereocenters. The first-order chi connectivity index (χ1) is 10.5. The molecule has 0 aliphatic heterocycles. The van der Waals surface area contributed by atoms with E-state index >= 15 is 0 Å². The fourth-order valence-electron chi connectivity index (χ4n) is 2.01. The Hall–Kier alpha value is -2.00. The van der Waals surface area contributed by atoms with Gasteiger partial charge in [-0.3, -0.25) is 0 Å². The third kappa shape index (κ3) is 4.50. The van der Waals surface area contributed by atoms with Gasteiger partial charge in [-0.2, -0.15) is 0 Å². The average Bonchev–Trinajstić information content (AvgIpc) is 2.48. The van der Waals surface area contributed by atoms with Gasteiger partial charge in [0.2, 0.25) is 0 Å². The number of phenolic OH excluding ortho intramolecular Hbond substituents is 2. The van der Waals surface area contributed by atoms with Crippen LogP contribution in [0.1, 0.15) is 30.5 Å². The maximum atomic E-state index is 9.91. The molecule has 0 spiro atoms. The Morgan fingerprint density at radius 1 is 0.955 bits per heavy atom. The standard InChI is InChI=1S/C19H19BrO2/c1-13(2)3-8-16-11-14(6-9-18(16)21)4-5-15-7-10-19(22)17(20)12-15/h3-7,9-12,21-22H,8H2,1-2H3/b5-4+. The van der Waals surface area contributed by atoms with Gasteiger partial charge in [0.25, 0.3) is 0 Å². The molecule has 0 heterocycles. The zero-order valence-corrected chi connectivity index (χ0v) is 14.3. The third-order valence-electron chi connectivity index (χ3n) is 3.27. The maximum absolute atomic E-state index is 9.91. The van der Waals surface area contributed by atoms with E-state index in [0.717, 1.165) is 23.1 Å². The van der Waals surface area contributed by atoms with Crippen LogP contribution in [0.2, 0.25) is 0 Å². The molecule has 2 aromatic rings. The van der Waals surface area contributed by atoms with Crippen molar-refractivity contribution in [3.8, 4) is 11.5 Å². The minimum Gasteiger partial charge on any atom is -0.508 e. The molecular formula is C19H19BrO2. The molecule has 114 valence electrons. The van der Waals surface area contributed by atoms with E-state index in [4.69, 9.17) is 0 Å². The van der Waals surface area contributed by atoms with E-state index in [9.17, 15) is 10.2 Å². The van der Waals surface area contributed by atoms with Crippen molar-refractivity contribution in [1.29, 1.82) is 0 Å². The molecule has 3 heteroatoms. The van der Waals surface area contributed by atoms with Crippen molar-refractivity contribution >= 4 is 28.1 Å². The minimum atomic E-state index is 0.228. The summed E-state index contributed by atoms with van der Waals surface area (Å²) in [7, 11) is 0. The first-order valence-corrected chi connectivity index (χ1v) is 7.87. The number of rotatable bonds is 4. The summed E-state index contributed by atoms with van der Waals surface area (Å²) in [4.78, 5) is 0. The van der Waals surface area contributed by atoms with Crippen molar-refractivity contribution in [2.45, 2.75) is 20.3 Å². The topological polar surface area (TPSA) is 40.5 Å². The number of hydrogen-bond donors (Lipinski definition) is 2. The van der Waals surface area contributed by atoms with E-state index in [-0.39, 0.29) is 5.75 Å². The Morgan fingerprint density at radius 3 is 2.14 bits per heavy atom. The lowest BCUT2D eigenvalue weighted by molar-refractivity contribution is 0.469.